The summed E-state index contributed by atoms with van der Waals surface area (Å²) in [5, 5.41) is 3.87. The summed E-state index contributed by atoms with van der Waals surface area (Å²) in [4.78, 5) is 2.34. The molecule has 0 aliphatic carbocycles. The Morgan fingerprint density at radius 1 is 1.22 bits per heavy atom. The Hall–Kier alpha value is -2.32. The molecule has 0 spiro atoms. The Morgan fingerprint density at radius 2 is 1.93 bits per heavy atom. The predicted molar refractivity (Wildman–Crippen MR) is 110 cm³/mol. The van der Waals surface area contributed by atoms with E-state index >= 15 is 0 Å². The summed E-state index contributed by atoms with van der Waals surface area (Å²) in [5.74, 6) is 0.995. The molecule has 0 bridgehead atoms. The van der Waals surface area contributed by atoms with Crippen molar-refractivity contribution in [3.63, 3.8) is 0 Å². The van der Waals surface area contributed by atoms with Gasteiger partial charge in [-0.05, 0) is 38.1 Å². The van der Waals surface area contributed by atoms with Gasteiger partial charge in [0.1, 0.15) is 6.61 Å². The van der Waals surface area contributed by atoms with E-state index in [1.165, 1.54) is 18.3 Å². The van der Waals surface area contributed by atoms with Crippen LogP contribution in [0, 0.1) is 6.92 Å². The predicted octanol–water partition coefficient (Wildman–Crippen LogP) is 3.99. The van der Waals surface area contributed by atoms with Crippen LogP contribution in [0.2, 0.25) is 0 Å². The molecule has 0 fully saturated rings. The molecule has 2 rings (SSSR count). The van der Waals surface area contributed by atoms with Crippen molar-refractivity contribution in [3.05, 3.63) is 64.7 Å². The molecule has 1 N–H and O–H groups in total. The highest BCUT2D eigenvalue weighted by Gasteiger charge is 2.13. The molecule has 0 saturated heterocycles. The van der Waals surface area contributed by atoms with Gasteiger partial charge in [0, 0.05) is 10.0 Å². The van der Waals surface area contributed by atoms with Gasteiger partial charge in [-0.3, -0.25) is 0 Å². The van der Waals surface area contributed by atoms with Gasteiger partial charge in [-0.1, -0.05) is 46.3 Å². The van der Waals surface area contributed by atoms with Crippen LogP contribution in [0.15, 0.2) is 63.5 Å². The standard InChI is InChI=1S/C19H21BrN2O4S/c1-4-25-18-7-5-6-16(19(18)26-13-15(3)20)12-21-22-27(23,24)17-10-8-14(2)9-11-17/h5-12,22H,3-4,13H2,1-2H3/b21-12+. The van der Waals surface area contributed by atoms with Crippen LogP contribution in [0.25, 0.3) is 0 Å². The van der Waals surface area contributed by atoms with Gasteiger partial charge in [0.05, 0.1) is 17.7 Å². The van der Waals surface area contributed by atoms with Crippen LogP contribution < -0.4 is 14.3 Å². The summed E-state index contributed by atoms with van der Waals surface area (Å²) in [5.41, 5.74) is 1.54. The normalized spacial score (nSPS) is 11.4. The van der Waals surface area contributed by atoms with Crippen molar-refractivity contribution in [2.45, 2.75) is 18.7 Å². The topological polar surface area (TPSA) is 77.0 Å². The SMILES string of the molecule is C=C(Br)COc1c(/C=N/NS(=O)(=O)c2ccc(C)cc2)cccc1OCC. The summed E-state index contributed by atoms with van der Waals surface area (Å²) in [6.07, 6.45) is 1.38. The Labute approximate surface area is 168 Å². The lowest BCUT2D eigenvalue weighted by atomic mass is 10.2. The number of halogens is 1. The van der Waals surface area contributed by atoms with Crippen LogP contribution in [-0.2, 0) is 10.0 Å². The van der Waals surface area contributed by atoms with Crippen LogP contribution in [0.5, 0.6) is 11.5 Å². The first-order valence-electron chi connectivity index (χ1n) is 8.17. The third-order valence-electron chi connectivity index (χ3n) is 3.39. The Kier molecular flexibility index (Phi) is 7.44. The average Bonchev–Trinajstić information content (AvgIpc) is 2.61. The van der Waals surface area contributed by atoms with E-state index in [1.807, 2.05) is 13.8 Å². The number of hydrogen-bond donors (Lipinski definition) is 1. The van der Waals surface area contributed by atoms with E-state index in [4.69, 9.17) is 9.47 Å². The van der Waals surface area contributed by atoms with Gasteiger partial charge in [0.25, 0.3) is 10.0 Å². The van der Waals surface area contributed by atoms with E-state index in [0.29, 0.717) is 28.2 Å². The number of nitrogens with zero attached hydrogens (tertiary/aromatic N) is 1. The minimum Gasteiger partial charge on any atom is -0.490 e. The highest BCUT2D eigenvalue weighted by molar-refractivity contribution is 9.11. The number of rotatable bonds is 9. The summed E-state index contributed by atoms with van der Waals surface area (Å²) in [6, 6.07) is 11.8. The molecule has 144 valence electrons. The molecule has 0 unspecified atom stereocenters. The molecule has 0 aliphatic heterocycles. The lowest BCUT2D eigenvalue weighted by Gasteiger charge is -2.13. The summed E-state index contributed by atoms with van der Waals surface area (Å²) in [6.45, 7) is 8.19. The van der Waals surface area contributed by atoms with Gasteiger partial charge < -0.3 is 9.47 Å². The quantitative estimate of drug-likeness (QED) is 0.460. The number of benzene rings is 2. The molecule has 2 aromatic rings. The minimum absolute atomic E-state index is 0.139. The number of sulfonamides is 1. The largest absolute Gasteiger partial charge is 0.490 e. The van der Waals surface area contributed by atoms with Crippen LogP contribution in [0.4, 0.5) is 0 Å². The summed E-state index contributed by atoms with van der Waals surface area (Å²) in [7, 11) is -3.75. The Balaban J connectivity index is 2.23. The lowest BCUT2D eigenvalue weighted by Crippen LogP contribution is -2.18. The number of nitrogens with one attached hydrogen (secondary N) is 1. The highest BCUT2D eigenvalue weighted by atomic mass is 79.9. The molecule has 0 atom stereocenters. The molecule has 8 heteroatoms. The van der Waals surface area contributed by atoms with Gasteiger partial charge in [0.2, 0.25) is 0 Å². The van der Waals surface area contributed by atoms with Crippen molar-refractivity contribution >= 4 is 32.2 Å². The maximum atomic E-state index is 12.3. The fraction of sp³-hybridized carbons (Fsp3) is 0.211. The van der Waals surface area contributed by atoms with Crippen molar-refractivity contribution in [3.8, 4) is 11.5 Å². The summed E-state index contributed by atoms with van der Waals surface area (Å²) >= 11 is 3.24. The van der Waals surface area contributed by atoms with Crippen molar-refractivity contribution < 1.29 is 17.9 Å². The van der Waals surface area contributed by atoms with E-state index in [9.17, 15) is 8.42 Å². The van der Waals surface area contributed by atoms with E-state index < -0.39 is 10.0 Å². The lowest BCUT2D eigenvalue weighted by molar-refractivity contribution is 0.296. The zero-order chi connectivity index (χ0) is 19.9. The number of hydrogen-bond acceptors (Lipinski definition) is 5. The summed E-state index contributed by atoms with van der Waals surface area (Å²) < 4.78 is 36.6. The monoisotopic (exact) mass is 452 g/mol. The smallest absolute Gasteiger partial charge is 0.276 e. The van der Waals surface area contributed by atoms with Gasteiger partial charge in [-0.2, -0.15) is 13.5 Å². The zero-order valence-electron chi connectivity index (χ0n) is 15.1. The Morgan fingerprint density at radius 3 is 2.56 bits per heavy atom. The van der Waals surface area contributed by atoms with Gasteiger partial charge >= 0.3 is 0 Å². The minimum atomic E-state index is -3.75. The molecule has 0 amide bonds. The average molecular weight is 453 g/mol. The number of para-hydroxylation sites is 1. The first kappa shape index (κ1) is 21.0. The fourth-order valence-electron chi connectivity index (χ4n) is 2.14. The van der Waals surface area contributed by atoms with Crippen molar-refractivity contribution in [1.29, 1.82) is 0 Å². The molecule has 0 radical (unpaired) electrons. The number of ether oxygens (including phenoxy) is 2. The first-order valence-corrected chi connectivity index (χ1v) is 10.4. The van der Waals surface area contributed by atoms with E-state index in [2.05, 4.69) is 32.4 Å². The van der Waals surface area contributed by atoms with Crippen molar-refractivity contribution in [2.24, 2.45) is 5.10 Å². The third-order valence-corrected chi connectivity index (χ3v) is 4.86. The molecule has 0 heterocycles. The van der Waals surface area contributed by atoms with E-state index in [0.717, 1.165) is 5.56 Å². The highest BCUT2D eigenvalue weighted by Crippen LogP contribution is 2.31. The van der Waals surface area contributed by atoms with Gasteiger partial charge in [-0.25, -0.2) is 4.83 Å². The maximum absolute atomic E-state index is 12.3. The van der Waals surface area contributed by atoms with Gasteiger partial charge in [-0.15, -0.1) is 0 Å². The second-order valence-electron chi connectivity index (χ2n) is 5.58. The molecular formula is C19H21BrN2O4S. The second-order valence-corrected chi connectivity index (χ2v) is 8.36. The molecule has 0 saturated carbocycles. The van der Waals surface area contributed by atoms with Crippen molar-refractivity contribution in [2.75, 3.05) is 13.2 Å². The van der Waals surface area contributed by atoms with Crippen LogP contribution in [0.1, 0.15) is 18.1 Å². The number of hydrazone groups is 1. The zero-order valence-corrected chi connectivity index (χ0v) is 17.5. The molecule has 27 heavy (non-hydrogen) atoms. The fourth-order valence-corrected chi connectivity index (χ4v) is 3.05. The Bertz CT molecular complexity index is 925. The molecule has 0 aliphatic rings. The molecular weight excluding hydrogens is 432 g/mol. The second kappa shape index (κ2) is 9.57. The first-order chi connectivity index (χ1) is 12.8. The molecule has 6 nitrogen and oxygen atoms in total. The van der Waals surface area contributed by atoms with Gasteiger partial charge in [0.15, 0.2) is 11.5 Å². The van der Waals surface area contributed by atoms with Crippen LogP contribution in [-0.4, -0.2) is 27.8 Å². The third kappa shape index (κ3) is 6.11. The maximum Gasteiger partial charge on any atom is 0.276 e. The van der Waals surface area contributed by atoms with E-state index in [1.54, 1.807) is 30.3 Å². The van der Waals surface area contributed by atoms with E-state index in [-0.39, 0.29) is 11.5 Å². The molecule has 0 aromatic heterocycles. The van der Waals surface area contributed by atoms with Crippen LogP contribution >= 0.6 is 15.9 Å². The van der Waals surface area contributed by atoms with Crippen molar-refractivity contribution in [1.82, 2.24) is 4.83 Å². The molecule has 2 aromatic carbocycles. The van der Waals surface area contributed by atoms with Crippen LogP contribution in [0.3, 0.4) is 0 Å². The number of aryl methyl sites for hydroxylation is 1.